The first-order chi connectivity index (χ1) is 6.49. The number of rotatable bonds is 1. The largest absolute Gasteiger partial charge is 0.478 e. The molecule has 0 aromatic carbocycles. The summed E-state index contributed by atoms with van der Waals surface area (Å²) in [6.07, 6.45) is 4.09. The van der Waals surface area contributed by atoms with E-state index in [4.69, 9.17) is 9.52 Å². The van der Waals surface area contributed by atoms with Crippen molar-refractivity contribution in [2.45, 2.75) is 33.1 Å². The van der Waals surface area contributed by atoms with Crippen LogP contribution in [0.2, 0.25) is 0 Å². The molecule has 0 radical (unpaired) electrons. The summed E-state index contributed by atoms with van der Waals surface area (Å²) >= 11 is 0. The Bertz CT molecular complexity index is 374. The molecule has 1 aromatic rings. The number of aryl methyl sites for hydroxylation is 1. The van der Waals surface area contributed by atoms with E-state index in [1.165, 1.54) is 6.26 Å². The first kappa shape index (κ1) is 9.31. The van der Waals surface area contributed by atoms with Crippen molar-refractivity contribution in [3.05, 3.63) is 23.2 Å². The highest BCUT2D eigenvalue weighted by molar-refractivity contribution is 5.89. The van der Waals surface area contributed by atoms with Gasteiger partial charge in [0.25, 0.3) is 0 Å². The van der Waals surface area contributed by atoms with Crippen molar-refractivity contribution in [3.8, 4) is 0 Å². The second-order valence-corrected chi connectivity index (χ2v) is 4.70. The van der Waals surface area contributed by atoms with Crippen LogP contribution in [-0.4, -0.2) is 11.1 Å². The minimum atomic E-state index is -0.882. The van der Waals surface area contributed by atoms with Gasteiger partial charge in [-0.3, -0.25) is 0 Å². The van der Waals surface area contributed by atoms with Crippen molar-refractivity contribution in [1.82, 2.24) is 0 Å². The van der Waals surface area contributed by atoms with Crippen LogP contribution in [-0.2, 0) is 12.8 Å². The van der Waals surface area contributed by atoms with Crippen LogP contribution in [0.1, 0.15) is 41.9 Å². The van der Waals surface area contributed by atoms with E-state index in [2.05, 4.69) is 13.8 Å². The van der Waals surface area contributed by atoms with Crippen molar-refractivity contribution >= 4 is 5.97 Å². The van der Waals surface area contributed by atoms with Gasteiger partial charge in [0, 0.05) is 12.0 Å². The minimum absolute atomic E-state index is 0.196. The van der Waals surface area contributed by atoms with Gasteiger partial charge in [-0.2, -0.15) is 0 Å². The molecule has 3 heteroatoms. The van der Waals surface area contributed by atoms with Crippen molar-refractivity contribution in [1.29, 1.82) is 0 Å². The quantitative estimate of drug-likeness (QED) is 0.747. The summed E-state index contributed by atoms with van der Waals surface area (Å²) in [5.74, 6) is -0.0191. The Labute approximate surface area is 82.7 Å². The molecule has 1 aliphatic carbocycles. The molecule has 0 atom stereocenters. The zero-order valence-electron chi connectivity index (χ0n) is 8.46. The molecule has 0 unspecified atom stereocenters. The van der Waals surface area contributed by atoms with E-state index < -0.39 is 5.97 Å². The first-order valence-corrected chi connectivity index (χ1v) is 4.82. The number of fused-ring (bicyclic) bond motifs is 1. The van der Waals surface area contributed by atoms with Crippen LogP contribution in [0.4, 0.5) is 0 Å². The molecule has 1 N–H and O–H groups in total. The van der Waals surface area contributed by atoms with E-state index in [0.29, 0.717) is 5.56 Å². The lowest BCUT2D eigenvalue weighted by Gasteiger charge is -2.28. The highest BCUT2D eigenvalue weighted by atomic mass is 16.4. The van der Waals surface area contributed by atoms with Crippen LogP contribution in [0, 0.1) is 5.41 Å². The van der Waals surface area contributed by atoms with Gasteiger partial charge in [-0.05, 0) is 18.3 Å². The number of carbonyl (C=O) groups is 1. The average molecular weight is 194 g/mol. The third kappa shape index (κ3) is 1.43. The van der Waals surface area contributed by atoms with E-state index in [-0.39, 0.29) is 5.41 Å². The van der Waals surface area contributed by atoms with Crippen LogP contribution in [0.3, 0.4) is 0 Å². The fraction of sp³-hybridized carbons (Fsp3) is 0.545. The molecule has 0 aliphatic heterocycles. The molecule has 1 heterocycles. The van der Waals surface area contributed by atoms with Gasteiger partial charge in [-0.1, -0.05) is 13.8 Å². The van der Waals surface area contributed by atoms with Gasteiger partial charge in [0.2, 0.25) is 0 Å². The van der Waals surface area contributed by atoms with Crippen LogP contribution in [0.15, 0.2) is 10.7 Å². The lowest BCUT2D eigenvalue weighted by atomic mass is 9.76. The molecule has 0 spiro atoms. The number of carboxylic acids is 1. The monoisotopic (exact) mass is 194 g/mol. The maximum absolute atomic E-state index is 10.9. The number of carboxylic acid groups (broad SMARTS) is 1. The highest BCUT2D eigenvalue weighted by Crippen LogP contribution is 2.37. The Morgan fingerprint density at radius 1 is 1.57 bits per heavy atom. The van der Waals surface area contributed by atoms with Gasteiger partial charge in [0.15, 0.2) is 0 Å². The predicted octanol–water partition coefficient (Wildman–Crippen LogP) is 2.49. The molecule has 76 valence electrons. The van der Waals surface area contributed by atoms with Gasteiger partial charge < -0.3 is 9.52 Å². The van der Waals surface area contributed by atoms with Crippen LogP contribution in [0.5, 0.6) is 0 Å². The Balaban J connectivity index is 2.42. The maximum atomic E-state index is 10.9. The molecule has 0 saturated carbocycles. The zero-order chi connectivity index (χ0) is 10.3. The fourth-order valence-electron chi connectivity index (χ4n) is 2.02. The molecule has 0 bridgehead atoms. The lowest BCUT2D eigenvalue weighted by Crippen LogP contribution is -2.22. The summed E-state index contributed by atoms with van der Waals surface area (Å²) in [7, 11) is 0. The van der Waals surface area contributed by atoms with E-state index >= 15 is 0 Å². The Hall–Kier alpha value is -1.25. The van der Waals surface area contributed by atoms with E-state index in [9.17, 15) is 4.79 Å². The molecule has 3 nitrogen and oxygen atoms in total. The standard InChI is InChI=1S/C11H14O3/c1-11(2)4-3-9-7(5-11)8(6-14-9)10(12)13/h6H,3-5H2,1-2H3,(H,12,13). The van der Waals surface area contributed by atoms with Crippen molar-refractivity contribution in [2.75, 3.05) is 0 Å². The van der Waals surface area contributed by atoms with Crippen molar-refractivity contribution in [3.63, 3.8) is 0 Å². The third-order valence-electron chi connectivity index (χ3n) is 2.90. The summed E-state index contributed by atoms with van der Waals surface area (Å²) in [5, 5.41) is 8.94. The molecule has 0 saturated heterocycles. The van der Waals surface area contributed by atoms with Gasteiger partial charge >= 0.3 is 5.97 Å². The Morgan fingerprint density at radius 2 is 2.29 bits per heavy atom. The molecule has 2 rings (SSSR count). The highest BCUT2D eigenvalue weighted by Gasteiger charge is 2.31. The number of furan rings is 1. The number of hydrogen-bond acceptors (Lipinski definition) is 2. The van der Waals surface area contributed by atoms with E-state index in [1.807, 2.05) is 0 Å². The summed E-state index contributed by atoms with van der Waals surface area (Å²) in [4.78, 5) is 10.9. The van der Waals surface area contributed by atoms with Crippen molar-refractivity contribution in [2.24, 2.45) is 5.41 Å². The van der Waals surface area contributed by atoms with Gasteiger partial charge in [0.05, 0.1) is 0 Å². The zero-order valence-corrected chi connectivity index (χ0v) is 8.46. The third-order valence-corrected chi connectivity index (χ3v) is 2.90. The lowest BCUT2D eigenvalue weighted by molar-refractivity contribution is 0.0694. The SMILES string of the molecule is CC1(C)CCc2occ(C(=O)O)c2C1. The smallest absolute Gasteiger partial charge is 0.339 e. The number of aromatic carboxylic acids is 1. The normalized spacial score (nSPS) is 19.0. The molecule has 1 aromatic heterocycles. The van der Waals surface area contributed by atoms with Crippen LogP contribution in [0.25, 0.3) is 0 Å². The number of hydrogen-bond donors (Lipinski definition) is 1. The molecular formula is C11H14O3. The Morgan fingerprint density at radius 3 is 2.93 bits per heavy atom. The summed E-state index contributed by atoms with van der Waals surface area (Å²) < 4.78 is 5.26. The summed E-state index contributed by atoms with van der Waals surface area (Å²) in [6, 6.07) is 0. The predicted molar refractivity (Wildman–Crippen MR) is 51.5 cm³/mol. The summed E-state index contributed by atoms with van der Waals surface area (Å²) in [5.41, 5.74) is 1.43. The maximum Gasteiger partial charge on any atom is 0.339 e. The second-order valence-electron chi connectivity index (χ2n) is 4.70. The van der Waals surface area contributed by atoms with Crippen molar-refractivity contribution < 1.29 is 14.3 Å². The Kier molecular flexibility index (Phi) is 1.91. The van der Waals surface area contributed by atoms with Crippen LogP contribution >= 0.6 is 0 Å². The second kappa shape index (κ2) is 2.87. The fourth-order valence-corrected chi connectivity index (χ4v) is 2.02. The molecule has 14 heavy (non-hydrogen) atoms. The molecule has 1 aliphatic rings. The molecule has 0 amide bonds. The molecular weight excluding hydrogens is 180 g/mol. The average Bonchev–Trinajstić information content (AvgIpc) is 2.44. The van der Waals surface area contributed by atoms with E-state index in [0.717, 1.165) is 30.6 Å². The first-order valence-electron chi connectivity index (χ1n) is 4.82. The minimum Gasteiger partial charge on any atom is -0.478 e. The van der Waals surface area contributed by atoms with Gasteiger partial charge in [0.1, 0.15) is 17.6 Å². The van der Waals surface area contributed by atoms with E-state index in [1.54, 1.807) is 0 Å². The molecule has 0 fully saturated rings. The van der Waals surface area contributed by atoms with Gasteiger partial charge in [-0.15, -0.1) is 0 Å². The summed E-state index contributed by atoms with van der Waals surface area (Å²) in [6.45, 7) is 4.32. The van der Waals surface area contributed by atoms with Crippen LogP contribution < -0.4 is 0 Å². The topological polar surface area (TPSA) is 50.4 Å². The van der Waals surface area contributed by atoms with Gasteiger partial charge in [-0.25, -0.2) is 4.79 Å².